The lowest BCUT2D eigenvalue weighted by Crippen LogP contribution is -2.06. The highest BCUT2D eigenvalue weighted by Crippen LogP contribution is 2.36. The summed E-state index contributed by atoms with van der Waals surface area (Å²) in [4.78, 5) is 17.4. The molecular weight excluding hydrogens is 420 g/mol. The highest BCUT2D eigenvalue weighted by atomic mass is 32.1. The molecule has 3 rings (SSSR count). The van der Waals surface area contributed by atoms with E-state index in [0.29, 0.717) is 17.9 Å². The van der Waals surface area contributed by atoms with E-state index >= 15 is 0 Å². The first-order valence-electron chi connectivity index (χ1n) is 10.6. The van der Waals surface area contributed by atoms with E-state index in [9.17, 15) is 10.1 Å². The Balaban J connectivity index is 1.94. The number of nitriles is 1. The van der Waals surface area contributed by atoms with Crippen molar-refractivity contribution in [3.05, 3.63) is 65.4 Å². The third-order valence-corrected chi connectivity index (χ3v) is 5.81. The van der Waals surface area contributed by atoms with Gasteiger partial charge in [-0.05, 0) is 68.2 Å². The van der Waals surface area contributed by atoms with Crippen molar-refractivity contribution in [3.8, 4) is 32.8 Å². The minimum Gasteiger partial charge on any atom is -0.490 e. The molecule has 5 nitrogen and oxygen atoms in total. The van der Waals surface area contributed by atoms with Crippen molar-refractivity contribution in [2.75, 3.05) is 6.61 Å². The molecule has 0 atom stereocenters. The SMILES string of the molecule is CCOC(=O)C=Cc1cccc(-c2cnc(-c3ccc(OC(C)C)c(C#N)c3)s2)c1CC. The number of carbonyl (C=O) groups is 1. The van der Waals surface area contributed by atoms with E-state index in [1.807, 2.05) is 50.4 Å². The molecule has 1 aromatic heterocycles. The van der Waals surface area contributed by atoms with Gasteiger partial charge in [-0.25, -0.2) is 9.78 Å². The van der Waals surface area contributed by atoms with Crippen LogP contribution in [-0.2, 0) is 16.0 Å². The van der Waals surface area contributed by atoms with Crippen LogP contribution in [0.25, 0.3) is 27.1 Å². The molecule has 0 unspecified atom stereocenters. The van der Waals surface area contributed by atoms with Gasteiger partial charge in [-0.2, -0.15) is 5.26 Å². The normalized spacial score (nSPS) is 11.0. The Labute approximate surface area is 193 Å². The fraction of sp³-hybridized carbons (Fsp3) is 0.269. The summed E-state index contributed by atoms with van der Waals surface area (Å²) in [6, 6.07) is 13.8. The van der Waals surface area contributed by atoms with Crippen LogP contribution in [0.4, 0.5) is 0 Å². The molecule has 0 saturated carbocycles. The Morgan fingerprint density at radius 3 is 2.75 bits per heavy atom. The zero-order valence-electron chi connectivity index (χ0n) is 18.7. The number of hydrogen-bond donors (Lipinski definition) is 0. The third-order valence-electron chi connectivity index (χ3n) is 4.73. The topological polar surface area (TPSA) is 72.2 Å². The van der Waals surface area contributed by atoms with Gasteiger partial charge in [-0.15, -0.1) is 11.3 Å². The Morgan fingerprint density at radius 2 is 2.06 bits per heavy atom. The summed E-state index contributed by atoms with van der Waals surface area (Å²) in [7, 11) is 0. The minimum atomic E-state index is -0.349. The number of thiazole rings is 1. The molecule has 0 aliphatic rings. The van der Waals surface area contributed by atoms with Crippen LogP contribution in [-0.4, -0.2) is 23.7 Å². The van der Waals surface area contributed by atoms with Crippen molar-refractivity contribution < 1.29 is 14.3 Å². The van der Waals surface area contributed by atoms with E-state index in [4.69, 9.17) is 9.47 Å². The van der Waals surface area contributed by atoms with Gasteiger partial charge < -0.3 is 9.47 Å². The van der Waals surface area contributed by atoms with Crippen LogP contribution in [0.2, 0.25) is 0 Å². The van der Waals surface area contributed by atoms with E-state index in [-0.39, 0.29) is 12.1 Å². The number of hydrogen-bond acceptors (Lipinski definition) is 6. The van der Waals surface area contributed by atoms with Crippen molar-refractivity contribution in [2.45, 2.75) is 40.2 Å². The Bertz CT molecular complexity index is 1170. The molecule has 6 heteroatoms. The van der Waals surface area contributed by atoms with Gasteiger partial charge in [0.25, 0.3) is 0 Å². The average Bonchev–Trinajstić information content (AvgIpc) is 3.27. The van der Waals surface area contributed by atoms with Crippen LogP contribution in [0, 0.1) is 11.3 Å². The van der Waals surface area contributed by atoms with E-state index < -0.39 is 0 Å². The Morgan fingerprint density at radius 1 is 1.25 bits per heavy atom. The second-order valence-corrected chi connectivity index (χ2v) is 8.36. The van der Waals surface area contributed by atoms with Gasteiger partial charge in [0, 0.05) is 17.8 Å². The second-order valence-electron chi connectivity index (χ2n) is 7.33. The van der Waals surface area contributed by atoms with Crippen LogP contribution < -0.4 is 4.74 Å². The summed E-state index contributed by atoms with van der Waals surface area (Å²) in [5.41, 5.74) is 4.58. The predicted molar refractivity (Wildman–Crippen MR) is 129 cm³/mol. The summed E-state index contributed by atoms with van der Waals surface area (Å²) in [5, 5.41) is 10.4. The Kier molecular flexibility index (Phi) is 7.80. The molecule has 32 heavy (non-hydrogen) atoms. The van der Waals surface area contributed by atoms with Crippen molar-refractivity contribution in [2.24, 2.45) is 0 Å². The molecule has 0 aliphatic heterocycles. The van der Waals surface area contributed by atoms with Crippen LogP contribution >= 0.6 is 11.3 Å². The summed E-state index contributed by atoms with van der Waals surface area (Å²) in [5.74, 6) is 0.232. The zero-order valence-corrected chi connectivity index (χ0v) is 19.5. The molecule has 0 N–H and O–H groups in total. The lowest BCUT2D eigenvalue weighted by molar-refractivity contribution is -0.137. The number of ether oxygens (including phenoxy) is 2. The molecular formula is C26H26N2O3S. The van der Waals surface area contributed by atoms with E-state index in [1.54, 1.807) is 24.3 Å². The highest BCUT2D eigenvalue weighted by Gasteiger charge is 2.14. The number of benzene rings is 2. The van der Waals surface area contributed by atoms with Crippen LogP contribution in [0.3, 0.4) is 0 Å². The van der Waals surface area contributed by atoms with Gasteiger partial charge in [0.2, 0.25) is 0 Å². The van der Waals surface area contributed by atoms with Gasteiger partial charge in [-0.3, -0.25) is 0 Å². The lowest BCUT2D eigenvalue weighted by Gasteiger charge is -2.11. The lowest BCUT2D eigenvalue weighted by atomic mass is 9.97. The summed E-state index contributed by atoms with van der Waals surface area (Å²) < 4.78 is 10.7. The largest absolute Gasteiger partial charge is 0.490 e. The average molecular weight is 447 g/mol. The number of carbonyl (C=O) groups excluding carboxylic acids is 1. The van der Waals surface area contributed by atoms with Gasteiger partial charge in [0.05, 0.1) is 23.2 Å². The molecule has 0 spiro atoms. The maximum absolute atomic E-state index is 11.7. The molecule has 0 bridgehead atoms. The third kappa shape index (κ3) is 5.43. The zero-order chi connectivity index (χ0) is 23.1. The molecule has 0 fully saturated rings. The van der Waals surface area contributed by atoms with Crippen LogP contribution in [0.15, 0.2) is 48.7 Å². The molecule has 3 aromatic rings. The summed E-state index contributed by atoms with van der Waals surface area (Å²) in [6.07, 6.45) is 5.93. The monoisotopic (exact) mass is 446 g/mol. The molecule has 164 valence electrons. The molecule has 1 heterocycles. The number of rotatable bonds is 8. The number of aromatic nitrogens is 1. The van der Waals surface area contributed by atoms with Crippen LogP contribution in [0.5, 0.6) is 5.75 Å². The number of esters is 1. The van der Waals surface area contributed by atoms with Crippen molar-refractivity contribution in [1.29, 1.82) is 5.26 Å². The van der Waals surface area contributed by atoms with E-state index in [0.717, 1.165) is 38.6 Å². The van der Waals surface area contributed by atoms with Gasteiger partial charge in [-0.1, -0.05) is 25.1 Å². The maximum atomic E-state index is 11.7. The molecule has 2 aromatic carbocycles. The standard InChI is InChI=1S/C26H26N2O3S/c1-5-21-18(11-13-25(29)30-6-2)8-7-9-22(21)24-16-28-26(32-24)19-10-12-23(31-17(3)4)20(14-19)15-27/h7-14,16-17H,5-6H2,1-4H3. The fourth-order valence-corrected chi connectivity index (χ4v) is 4.34. The smallest absolute Gasteiger partial charge is 0.330 e. The molecule has 0 saturated heterocycles. The first-order chi connectivity index (χ1) is 15.5. The quantitative estimate of drug-likeness (QED) is 0.301. The number of nitrogens with zero attached hydrogens (tertiary/aromatic N) is 2. The van der Waals surface area contributed by atoms with Gasteiger partial charge >= 0.3 is 5.97 Å². The summed E-state index contributed by atoms with van der Waals surface area (Å²) >= 11 is 1.57. The molecule has 0 amide bonds. The van der Waals surface area contributed by atoms with Gasteiger partial charge in [0.15, 0.2) is 0 Å². The Hall–Kier alpha value is -3.43. The van der Waals surface area contributed by atoms with E-state index in [2.05, 4.69) is 24.0 Å². The molecule has 0 aliphatic carbocycles. The minimum absolute atomic E-state index is 0.00275. The van der Waals surface area contributed by atoms with Crippen molar-refractivity contribution in [1.82, 2.24) is 4.98 Å². The summed E-state index contributed by atoms with van der Waals surface area (Å²) in [6.45, 7) is 8.10. The van der Waals surface area contributed by atoms with Crippen LogP contribution in [0.1, 0.15) is 44.4 Å². The van der Waals surface area contributed by atoms with Crippen molar-refractivity contribution >= 4 is 23.4 Å². The molecule has 0 radical (unpaired) electrons. The van der Waals surface area contributed by atoms with E-state index in [1.165, 1.54) is 6.08 Å². The fourth-order valence-electron chi connectivity index (χ4n) is 3.37. The highest BCUT2D eigenvalue weighted by molar-refractivity contribution is 7.18. The predicted octanol–water partition coefficient (Wildman–Crippen LogP) is 6.27. The first-order valence-corrected chi connectivity index (χ1v) is 11.4. The maximum Gasteiger partial charge on any atom is 0.330 e. The van der Waals surface area contributed by atoms with Crippen molar-refractivity contribution in [3.63, 3.8) is 0 Å². The first kappa shape index (κ1) is 23.2. The second kappa shape index (κ2) is 10.7. The van der Waals surface area contributed by atoms with Gasteiger partial charge in [0.1, 0.15) is 16.8 Å².